The molecule has 6 nitrogen and oxygen atoms in total. The monoisotopic (exact) mass is 349 g/mol. The summed E-state index contributed by atoms with van der Waals surface area (Å²) < 4.78 is 10.8. The summed E-state index contributed by atoms with van der Waals surface area (Å²) in [4.78, 5) is 18.9. The highest BCUT2D eigenvalue weighted by atomic mass is 32.1. The number of hydrogen-bond acceptors (Lipinski definition) is 6. The summed E-state index contributed by atoms with van der Waals surface area (Å²) in [6.45, 7) is 7.50. The van der Waals surface area contributed by atoms with Gasteiger partial charge < -0.3 is 14.5 Å². The van der Waals surface area contributed by atoms with Gasteiger partial charge >= 0.3 is 0 Å². The van der Waals surface area contributed by atoms with E-state index in [4.69, 9.17) is 9.15 Å². The maximum atomic E-state index is 12.1. The normalized spacial score (nSPS) is 21.8. The number of ether oxygens (including phenoxy) is 1. The smallest absolute Gasteiger partial charge is 0.226 e. The molecule has 1 saturated heterocycles. The van der Waals surface area contributed by atoms with Gasteiger partial charge in [-0.15, -0.1) is 11.3 Å². The number of furan rings is 1. The number of hydrogen-bond donors (Lipinski definition) is 1. The van der Waals surface area contributed by atoms with Crippen molar-refractivity contribution in [2.75, 3.05) is 26.2 Å². The minimum Gasteiger partial charge on any atom is -0.472 e. The summed E-state index contributed by atoms with van der Waals surface area (Å²) >= 11 is 1.52. The van der Waals surface area contributed by atoms with E-state index in [1.54, 1.807) is 12.5 Å². The van der Waals surface area contributed by atoms with Gasteiger partial charge in [0.05, 0.1) is 30.6 Å². The van der Waals surface area contributed by atoms with Gasteiger partial charge in [0.2, 0.25) is 5.91 Å². The molecule has 3 heterocycles. The van der Waals surface area contributed by atoms with Gasteiger partial charge in [0.25, 0.3) is 0 Å². The lowest BCUT2D eigenvalue weighted by molar-refractivity contribution is -0.120. The highest BCUT2D eigenvalue weighted by Crippen LogP contribution is 2.24. The minimum absolute atomic E-state index is 0.00778. The van der Waals surface area contributed by atoms with Crippen LogP contribution in [0.5, 0.6) is 0 Å². The molecule has 24 heavy (non-hydrogen) atoms. The second-order valence-corrected chi connectivity index (χ2v) is 7.06. The summed E-state index contributed by atoms with van der Waals surface area (Å²) in [7, 11) is 0. The molecule has 0 bridgehead atoms. The summed E-state index contributed by atoms with van der Waals surface area (Å²) in [6, 6.07) is 1.87. The summed E-state index contributed by atoms with van der Waals surface area (Å²) in [5.74, 6) is 0.00778. The summed E-state index contributed by atoms with van der Waals surface area (Å²) in [5.41, 5.74) is 1.74. The molecule has 0 saturated carbocycles. The molecule has 3 rings (SSSR count). The van der Waals surface area contributed by atoms with E-state index in [0.29, 0.717) is 13.0 Å². The van der Waals surface area contributed by atoms with E-state index in [9.17, 15) is 4.79 Å². The maximum Gasteiger partial charge on any atom is 0.226 e. The topological polar surface area (TPSA) is 67.6 Å². The van der Waals surface area contributed by atoms with Crippen molar-refractivity contribution in [2.45, 2.75) is 32.5 Å². The zero-order chi connectivity index (χ0) is 16.9. The Morgan fingerprint density at radius 2 is 2.21 bits per heavy atom. The van der Waals surface area contributed by atoms with Crippen LogP contribution in [0.1, 0.15) is 19.5 Å². The van der Waals surface area contributed by atoms with Crippen molar-refractivity contribution in [3.05, 3.63) is 29.7 Å². The van der Waals surface area contributed by atoms with Gasteiger partial charge in [0.15, 0.2) is 0 Å². The van der Waals surface area contributed by atoms with Crippen molar-refractivity contribution in [2.24, 2.45) is 0 Å². The first-order valence-corrected chi connectivity index (χ1v) is 9.09. The highest BCUT2D eigenvalue weighted by molar-refractivity contribution is 7.13. The molecule has 0 aromatic carbocycles. The largest absolute Gasteiger partial charge is 0.472 e. The number of nitrogens with one attached hydrogen (secondary N) is 1. The van der Waals surface area contributed by atoms with Crippen LogP contribution in [0.15, 0.2) is 28.4 Å². The zero-order valence-electron chi connectivity index (χ0n) is 14.0. The molecule has 0 unspecified atom stereocenters. The molecule has 0 radical (unpaired) electrons. The lowest BCUT2D eigenvalue weighted by Crippen LogP contribution is -2.48. The lowest BCUT2D eigenvalue weighted by atomic mass is 10.2. The Morgan fingerprint density at radius 3 is 2.92 bits per heavy atom. The summed E-state index contributed by atoms with van der Waals surface area (Å²) in [6.07, 6.45) is 4.09. The fourth-order valence-electron chi connectivity index (χ4n) is 2.95. The lowest BCUT2D eigenvalue weighted by Gasteiger charge is -2.35. The second-order valence-electron chi connectivity index (χ2n) is 6.20. The number of carbonyl (C=O) groups is 1. The molecule has 1 amide bonds. The van der Waals surface area contributed by atoms with Crippen LogP contribution in [0.4, 0.5) is 0 Å². The molecule has 130 valence electrons. The molecule has 7 heteroatoms. The van der Waals surface area contributed by atoms with E-state index in [2.05, 4.69) is 29.0 Å². The van der Waals surface area contributed by atoms with Gasteiger partial charge in [-0.2, -0.15) is 0 Å². The van der Waals surface area contributed by atoms with Gasteiger partial charge in [-0.05, 0) is 19.9 Å². The SMILES string of the molecule is C[C@H]1CN(CCNC(=O)Cc2csc(-c3ccoc3)n2)C[C@H](C)O1. The molecule has 1 aliphatic heterocycles. The van der Waals surface area contributed by atoms with Crippen LogP contribution in [0.3, 0.4) is 0 Å². The first kappa shape index (κ1) is 17.1. The van der Waals surface area contributed by atoms with E-state index in [1.165, 1.54) is 11.3 Å². The van der Waals surface area contributed by atoms with Gasteiger partial charge in [-0.3, -0.25) is 9.69 Å². The molecule has 2 atom stereocenters. The molecule has 0 aliphatic carbocycles. The number of rotatable bonds is 6. The number of thiazole rings is 1. The molecule has 1 N–H and O–H groups in total. The Balaban J connectivity index is 1.41. The summed E-state index contributed by atoms with van der Waals surface area (Å²) in [5, 5.41) is 5.78. The van der Waals surface area contributed by atoms with Crippen molar-refractivity contribution < 1.29 is 13.9 Å². The van der Waals surface area contributed by atoms with Crippen molar-refractivity contribution in [1.82, 2.24) is 15.2 Å². The Bertz CT molecular complexity index is 646. The molecule has 1 fully saturated rings. The van der Waals surface area contributed by atoms with Crippen molar-refractivity contribution in [3.8, 4) is 10.6 Å². The van der Waals surface area contributed by atoms with Gasteiger partial charge in [0, 0.05) is 37.1 Å². The zero-order valence-corrected chi connectivity index (χ0v) is 14.8. The first-order valence-electron chi connectivity index (χ1n) is 8.21. The van der Waals surface area contributed by atoms with Crippen molar-refractivity contribution >= 4 is 17.2 Å². The standard InChI is InChI=1S/C17H23N3O3S/c1-12-8-20(9-13(2)23-12)5-4-18-16(21)7-15-11-24-17(19-15)14-3-6-22-10-14/h3,6,10-13H,4-5,7-9H2,1-2H3,(H,18,21)/t12-,13-/m0/s1. The molecule has 2 aromatic heterocycles. The molecule has 2 aromatic rings. The molecule has 0 spiro atoms. The maximum absolute atomic E-state index is 12.1. The average molecular weight is 349 g/mol. The third kappa shape index (κ3) is 4.66. The van der Waals surface area contributed by atoms with E-state index in [-0.39, 0.29) is 18.1 Å². The van der Waals surface area contributed by atoms with E-state index < -0.39 is 0 Å². The number of nitrogens with zero attached hydrogens (tertiary/aromatic N) is 2. The number of amides is 1. The van der Waals surface area contributed by atoms with Crippen LogP contribution in [0.25, 0.3) is 10.6 Å². The third-order valence-corrected chi connectivity index (χ3v) is 4.85. The second kappa shape index (κ2) is 7.92. The van der Waals surface area contributed by atoms with Gasteiger partial charge in [-0.1, -0.05) is 0 Å². The number of carbonyl (C=O) groups excluding carboxylic acids is 1. The van der Waals surface area contributed by atoms with Crippen LogP contribution in [-0.4, -0.2) is 54.2 Å². The van der Waals surface area contributed by atoms with E-state index in [0.717, 1.165) is 35.9 Å². The highest BCUT2D eigenvalue weighted by Gasteiger charge is 2.21. The van der Waals surface area contributed by atoms with Crippen LogP contribution in [-0.2, 0) is 16.0 Å². The predicted octanol–water partition coefficient (Wildman–Crippen LogP) is 2.17. The Labute approximate surface area is 145 Å². The first-order chi connectivity index (χ1) is 11.6. The Kier molecular flexibility index (Phi) is 5.65. The number of aromatic nitrogens is 1. The minimum atomic E-state index is 0.00778. The van der Waals surface area contributed by atoms with Crippen LogP contribution in [0, 0.1) is 0 Å². The van der Waals surface area contributed by atoms with Crippen LogP contribution >= 0.6 is 11.3 Å². The van der Waals surface area contributed by atoms with Crippen LogP contribution < -0.4 is 5.32 Å². The average Bonchev–Trinajstić information content (AvgIpc) is 3.16. The van der Waals surface area contributed by atoms with Crippen molar-refractivity contribution in [3.63, 3.8) is 0 Å². The third-order valence-electron chi connectivity index (χ3n) is 3.91. The fourth-order valence-corrected chi connectivity index (χ4v) is 3.76. The Hall–Kier alpha value is -1.70. The van der Waals surface area contributed by atoms with Gasteiger partial charge in [0.1, 0.15) is 11.3 Å². The van der Waals surface area contributed by atoms with Gasteiger partial charge in [-0.25, -0.2) is 4.98 Å². The van der Waals surface area contributed by atoms with Crippen molar-refractivity contribution in [1.29, 1.82) is 0 Å². The fraction of sp³-hybridized carbons (Fsp3) is 0.529. The van der Waals surface area contributed by atoms with Crippen LogP contribution in [0.2, 0.25) is 0 Å². The van der Waals surface area contributed by atoms with E-state index >= 15 is 0 Å². The van der Waals surface area contributed by atoms with E-state index in [1.807, 2.05) is 11.4 Å². The number of morpholine rings is 1. The molecule has 1 aliphatic rings. The quantitative estimate of drug-likeness (QED) is 0.866. The Morgan fingerprint density at radius 1 is 1.42 bits per heavy atom. The molecular formula is C17H23N3O3S. The predicted molar refractivity (Wildman–Crippen MR) is 93.0 cm³/mol. The molecular weight excluding hydrogens is 326 g/mol.